The first kappa shape index (κ1) is 13.1. The summed E-state index contributed by atoms with van der Waals surface area (Å²) in [7, 11) is 0. The van der Waals surface area contributed by atoms with E-state index in [1.54, 1.807) is 30.3 Å². The summed E-state index contributed by atoms with van der Waals surface area (Å²) in [5.41, 5.74) is -0.0306. The molecule has 4 heteroatoms. The second-order valence-electron chi connectivity index (χ2n) is 4.01. The van der Waals surface area contributed by atoms with Gasteiger partial charge in [0.15, 0.2) is 11.6 Å². The quantitative estimate of drug-likeness (QED) is 0.623. The third kappa shape index (κ3) is 3.10. The minimum atomic E-state index is -0.827. The van der Waals surface area contributed by atoms with Gasteiger partial charge >= 0.3 is 0 Å². The molecule has 0 unspecified atom stereocenters. The van der Waals surface area contributed by atoms with Crippen molar-refractivity contribution in [3.05, 3.63) is 71.3 Å². The molecule has 2 aromatic carbocycles. The summed E-state index contributed by atoms with van der Waals surface area (Å²) >= 11 is 0. The highest BCUT2D eigenvalue weighted by molar-refractivity contribution is 6.13. The molecule has 0 aromatic heterocycles. The summed E-state index contributed by atoms with van der Waals surface area (Å²) in [6, 6.07) is 10.8. The maximum Gasteiger partial charge on any atom is 0.173 e. The Labute approximate surface area is 108 Å². The van der Waals surface area contributed by atoms with Crippen molar-refractivity contribution in [2.45, 2.75) is 6.42 Å². The molecule has 0 aliphatic carbocycles. The molecule has 19 heavy (non-hydrogen) atoms. The highest BCUT2D eigenvalue weighted by Gasteiger charge is 2.17. The molecule has 96 valence electrons. The number of carbonyl (C=O) groups excluding carboxylic acids is 2. The van der Waals surface area contributed by atoms with Crippen molar-refractivity contribution >= 4 is 11.6 Å². The van der Waals surface area contributed by atoms with Crippen molar-refractivity contribution in [1.82, 2.24) is 0 Å². The molecule has 0 fully saturated rings. The number of Topliss-reactive ketones (excluding diaryl/α,β-unsaturated/α-hetero) is 2. The fourth-order valence-corrected chi connectivity index (χ4v) is 1.68. The maximum atomic E-state index is 13.4. The van der Waals surface area contributed by atoms with Gasteiger partial charge in [0.1, 0.15) is 11.6 Å². The molecule has 0 aliphatic heterocycles. The predicted octanol–water partition coefficient (Wildman–Crippen LogP) is 3.42. The Bertz CT molecular complexity index is 621. The number of hydrogen-bond donors (Lipinski definition) is 0. The van der Waals surface area contributed by atoms with Crippen LogP contribution >= 0.6 is 0 Å². The first-order valence-electron chi connectivity index (χ1n) is 5.64. The van der Waals surface area contributed by atoms with Gasteiger partial charge in [0.2, 0.25) is 0 Å². The van der Waals surface area contributed by atoms with Gasteiger partial charge in [-0.1, -0.05) is 30.3 Å². The van der Waals surface area contributed by atoms with Gasteiger partial charge in [-0.05, 0) is 18.2 Å². The van der Waals surface area contributed by atoms with Crippen LogP contribution in [0, 0.1) is 11.6 Å². The molecule has 0 aliphatic rings. The standard InChI is InChI=1S/C15H10F2O2/c16-11-6-7-13(17)12(8-11)15(19)9-14(18)10-4-2-1-3-5-10/h1-8H,9H2. The lowest BCUT2D eigenvalue weighted by Gasteiger charge is -2.03. The highest BCUT2D eigenvalue weighted by Crippen LogP contribution is 2.14. The summed E-state index contributed by atoms with van der Waals surface area (Å²) in [6.45, 7) is 0. The van der Waals surface area contributed by atoms with Crippen LogP contribution in [0.5, 0.6) is 0 Å². The molecule has 2 nitrogen and oxygen atoms in total. The second kappa shape index (κ2) is 5.52. The Balaban J connectivity index is 2.18. The first-order chi connectivity index (χ1) is 9.08. The summed E-state index contributed by atoms with van der Waals surface area (Å²) < 4.78 is 26.3. The van der Waals surface area contributed by atoms with Crippen LogP contribution in [0.2, 0.25) is 0 Å². The number of benzene rings is 2. The molecule has 0 saturated heterocycles. The van der Waals surface area contributed by atoms with Gasteiger partial charge in [0.05, 0.1) is 12.0 Å². The van der Waals surface area contributed by atoms with Gasteiger partial charge in [-0.25, -0.2) is 8.78 Å². The Morgan fingerprint density at radius 2 is 1.58 bits per heavy atom. The lowest BCUT2D eigenvalue weighted by Crippen LogP contribution is -2.10. The van der Waals surface area contributed by atoms with Gasteiger partial charge in [0.25, 0.3) is 0 Å². The maximum absolute atomic E-state index is 13.4. The van der Waals surface area contributed by atoms with E-state index in [4.69, 9.17) is 0 Å². The average molecular weight is 260 g/mol. The second-order valence-corrected chi connectivity index (χ2v) is 4.01. The normalized spacial score (nSPS) is 10.2. The fourth-order valence-electron chi connectivity index (χ4n) is 1.68. The van der Waals surface area contributed by atoms with Crippen molar-refractivity contribution < 1.29 is 18.4 Å². The molecule has 0 bridgehead atoms. The van der Waals surface area contributed by atoms with E-state index < -0.39 is 35.2 Å². The molecule has 0 radical (unpaired) electrons. The summed E-state index contributed by atoms with van der Waals surface area (Å²) in [4.78, 5) is 23.6. The Kier molecular flexibility index (Phi) is 3.80. The molecule has 0 saturated carbocycles. The van der Waals surface area contributed by atoms with Crippen LogP contribution in [0.25, 0.3) is 0 Å². The third-order valence-corrected chi connectivity index (χ3v) is 2.65. The third-order valence-electron chi connectivity index (χ3n) is 2.65. The topological polar surface area (TPSA) is 34.1 Å². The van der Waals surface area contributed by atoms with E-state index in [9.17, 15) is 18.4 Å². The van der Waals surface area contributed by atoms with Crippen LogP contribution in [-0.4, -0.2) is 11.6 Å². The number of ketones is 2. The van der Waals surface area contributed by atoms with Crippen molar-refractivity contribution in [3.63, 3.8) is 0 Å². The van der Waals surface area contributed by atoms with Gasteiger partial charge in [-0.15, -0.1) is 0 Å². The van der Waals surface area contributed by atoms with E-state index in [-0.39, 0.29) is 0 Å². The van der Waals surface area contributed by atoms with E-state index >= 15 is 0 Å². The van der Waals surface area contributed by atoms with Crippen molar-refractivity contribution in [2.75, 3.05) is 0 Å². The molecule has 2 rings (SSSR count). The zero-order valence-electron chi connectivity index (χ0n) is 9.90. The minimum Gasteiger partial charge on any atom is -0.294 e. The van der Waals surface area contributed by atoms with Crippen molar-refractivity contribution in [3.8, 4) is 0 Å². The smallest absolute Gasteiger partial charge is 0.173 e. The number of rotatable bonds is 4. The summed E-state index contributed by atoms with van der Waals surface area (Å²) in [5, 5.41) is 0. The molecular weight excluding hydrogens is 250 g/mol. The molecule has 0 atom stereocenters. The predicted molar refractivity (Wildman–Crippen MR) is 66.1 cm³/mol. The molecule has 2 aromatic rings. The van der Waals surface area contributed by atoms with Gasteiger partial charge in [-0.3, -0.25) is 9.59 Å². The van der Waals surface area contributed by atoms with Crippen LogP contribution in [0.15, 0.2) is 48.5 Å². The molecule has 0 N–H and O–H groups in total. The zero-order chi connectivity index (χ0) is 13.8. The molecule has 0 spiro atoms. The molecule has 0 amide bonds. The zero-order valence-corrected chi connectivity index (χ0v) is 9.90. The highest BCUT2D eigenvalue weighted by atomic mass is 19.1. The van der Waals surface area contributed by atoms with E-state index in [1.807, 2.05) is 0 Å². The van der Waals surface area contributed by atoms with Crippen LogP contribution in [0.1, 0.15) is 27.1 Å². The van der Waals surface area contributed by atoms with Gasteiger partial charge < -0.3 is 0 Å². The number of halogens is 2. The van der Waals surface area contributed by atoms with Crippen molar-refractivity contribution in [1.29, 1.82) is 0 Å². The largest absolute Gasteiger partial charge is 0.294 e. The van der Waals surface area contributed by atoms with Crippen LogP contribution in [-0.2, 0) is 0 Å². The van der Waals surface area contributed by atoms with E-state index in [2.05, 4.69) is 0 Å². The lowest BCUT2D eigenvalue weighted by molar-refractivity contribution is 0.0892. The number of hydrogen-bond acceptors (Lipinski definition) is 2. The van der Waals surface area contributed by atoms with Gasteiger partial charge in [0, 0.05) is 5.56 Å². The Morgan fingerprint density at radius 1 is 0.895 bits per heavy atom. The molecular formula is C15H10F2O2. The number of carbonyl (C=O) groups is 2. The lowest BCUT2D eigenvalue weighted by atomic mass is 10.0. The average Bonchev–Trinajstić information content (AvgIpc) is 2.42. The van der Waals surface area contributed by atoms with Crippen molar-refractivity contribution in [2.24, 2.45) is 0 Å². The monoisotopic (exact) mass is 260 g/mol. The first-order valence-corrected chi connectivity index (χ1v) is 5.64. The van der Waals surface area contributed by atoms with Crippen LogP contribution in [0.3, 0.4) is 0 Å². The summed E-state index contributed by atoms with van der Waals surface area (Å²) in [5.74, 6) is -2.69. The fraction of sp³-hybridized carbons (Fsp3) is 0.0667. The minimum absolute atomic E-state index is 0.368. The van der Waals surface area contributed by atoms with Gasteiger partial charge in [-0.2, -0.15) is 0 Å². The van der Waals surface area contributed by atoms with E-state index in [0.717, 1.165) is 18.2 Å². The SMILES string of the molecule is O=C(CC(=O)c1cc(F)ccc1F)c1ccccc1. The van der Waals surface area contributed by atoms with E-state index in [0.29, 0.717) is 5.56 Å². The Morgan fingerprint density at radius 3 is 2.26 bits per heavy atom. The Hall–Kier alpha value is -2.36. The molecule has 0 heterocycles. The summed E-state index contributed by atoms with van der Waals surface area (Å²) in [6.07, 6.45) is -0.482. The van der Waals surface area contributed by atoms with E-state index in [1.165, 1.54) is 0 Å². The van der Waals surface area contributed by atoms with Crippen LogP contribution in [0.4, 0.5) is 8.78 Å². The van der Waals surface area contributed by atoms with Crippen LogP contribution < -0.4 is 0 Å².